The van der Waals surface area contributed by atoms with Crippen molar-refractivity contribution in [2.75, 3.05) is 0 Å². The number of rotatable bonds is 1. The molecule has 0 bridgehead atoms. The lowest BCUT2D eigenvalue weighted by Crippen LogP contribution is -2.05. The number of benzene rings is 1. The highest BCUT2D eigenvalue weighted by Gasteiger charge is 2.18. The third-order valence-electron chi connectivity index (χ3n) is 3.72. The quantitative estimate of drug-likeness (QED) is 0.765. The van der Waals surface area contributed by atoms with Gasteiger partial charge in [-0.1, -0.05) is 31.4 Å². The summed E-state index contributed by atoms with van der Waals surface area (Å²) < 4.78 is 0. The molecule has 1 heterocycles. The molecule has 16 heavy (non-hydrogen) atoms. The minimum atomic E-state index is 0.667. The maximum atomic E-state index is 4.78. The number of H-pyrrole nitrogens is 1. The van der Waals surface area contributed by atoms with E-state index in [0.717, 1.165) is 5.52 Å². The largest absolute Gasteiger partial charge is 0.342 e. The monoisotopic (exact) mass is 214 g/mol. The Balaban J connectivity index is 2.01. The molecule has 1 aromatic carbocycles. The molecule has 0 amide bonds. The molecular weight excluding hydrogens is 196 g/mol. The Hall–Kier alpha value is -1.31. The van der Waals surface area contributed by atoms with Crippen molar-refractivity contribution in [1.29, 1.82) is 0 Å². The van der Waals surface area contributed by atoms with Gasteiger partial charge in [0.25, 0.3) is 0 Å². The number of aromatic nitrogens is 2. The molecule has 1 fully saturated rings. The van der Waals surface area contributed by atoms with Gasteiger partial charge in [-0.3, -0.25) is 0 Å². The average molecular weight is 214 g/mol. The van der Waals surface area contributed by atoms with E-state index in [2.05, 4.69) is 30.1 Å². The maximum absolute atomic E-state index is 4.78. The van der Waals surface area contributed by atoms with Crippen LogP contribution in [0.15, 0.2) is 18.2 Å². The first kappa shape index (κ1) is 9.88. The van der Waals surface area contributed by atoms with Gasteiger partial charge in [0.1, 0.15) is 5.82 Å². The van der Waals surface area contributed by atoms with Gasteiger partial charge in [0.15, 0.2) is 0 Å². The fourth-order valence-electron chi connectivity index (χ4n) is 2.76. The molecule has 0 radical (unpaired) electrons. The van der Waals surface area contributed by atoms with Gasteiger partial charge in [0.2, 0.25) is 0 Å². The van der Waals surface area contributed by atoms with Crippen molar-refractivity contribution in [3.8, 4) is 0 Å². The molecule has 3 rings (SSSR count). The number of hydrogen-bond donors (Lipinski definition) is 1. The third kappa shape index (κ3) is 1.62. The van der Waals surface area contributed by atoms with Crippen LogP contribution in [0, 0.1) is 6.92 Å². The van der Waals surface area contributed by atoms with Crippen LogP contribution in [0.1, 0.15) is 49.4 Å². The van der Waals surface area contributed by atoms with Crippen molar-refractivity contribution in [2.24, 2.45) is 0 Å². The van der Waals surface area contributed by atoms with Crippen LogP contribution in [0.4, 0.5) is 0 Å². The van der Waals surface area contributed by atoms with Gasteiger partial charge in [-0.05, 0) is 31.4 Å². The highest BCUT2D eigenvalue weighted by molar-refractivity contribution is 5.78. The lowest BCUT2D eigenvalue weighted by molar-refractivity contribution is 0.431. The van der Waals surface area contributed by atoms with Gasteiger partial charge >= 0.3 is 0 Å². The van der Waals surface area contributed by atoms with Gasteiger partial charge in [-0.25, -0.2) is 4.98 Å². The van der Waals surface area contributed by atoms with Gasteiger partial charge in [0.05, 0.1) is 11.0 Å². The number of nitrogens with zero attached hydrogens (tertiary/aromatic N) is 1. The van der Waals surface area contributed by atoms with E-state index in [1.807, 2.05) is 0 Å². The van der Waals surface area contributed by atoms with Crippen LogP contribution in [0.25, 0.3) is 11.0 Å². The van der Waals surface area contributed by atoms with Crippen LogP contribution >= 0.6 is 0 Å². The Morgan fingerprint density at radius 2 is 2.00 bits per heavy atom. The third-order valence-corrected chi connectivity index (χ3v) is 3.72. The normalized spacial score (nSPS) is 18.1. The molecule has 2 nitrogen and oxygen atoms in total. The number of hydrogen-bond acceptors (Lipinski definition) is 1. The van der Waals surface area contributed by atoms with Crippen LogP contribution in [0.2, 0.25) is 0 Å². The molecule has 0 atom stereocenters. The molecule has 2 heteroatoms. The van der Waals surface area contributed by atoms with Crippen molar-refractivity contribution in [1.82, 2.24) is 9.97 Å². The van der Waals surface area contributed by atoms with E-state index in [9.17, 15) is 0 Å². The zero-order valence-electron chi connectivity index (χ0n) is 9.79. The van der Waals surface area contributed by atoms with Crippen LogP contribution in [0.5, 0.6) is 0 Å². The first-order valence-corrected chi connectivity index (χ1v) is 6.30. The fraction of sp³-hybridized carbons (Fsp3) is 0.500. The first-order valence-electron chi connectivity index (χ1n) is 6.30. The zero-order chi connectivity index (χ0) is 11.0. The van der Waals surface area contributed by atoms with Gasteiger partial charge < -0.3 is 4.98 Å². The van der Waals surface area contributed by atoms with Crippen molar-refractivity contribution in [3.05, 3.63) is 29.6 Å². The molecule has 84 valence electrons. The predicted molar refractivity (Wildman–Crippen MR) is 66.7 cm³/mol. The van der Waals surface area contributed by atoms with Crippen LogP contribution in [0.3, 0.4) is 0 Å². The summed E-state index contributed by atoms with van der Waals surface area (Å²) in [6.07, 6.45) is 6.73. The summed E-state index contributed by atoms with van der Waals surface area (Å²) in [6, 6.07) is 6.36. The minimum Gasteiger partial charge on any atom is -0.342 e. The maximum Gasteiger partial charge on any atom is 0.110 e. The lowest BCUT2D eigenvalue weighted by Gasteiger charge is -2.18. The number of nitrogens with one attached hydrogen (secondary N) is 1. The Kier molecular flexibility index (Phi) is 2.43. The second-order valence-corrected chi connectivity index (χ2v) is 4.93. The molecule has 0 spiro atoms. The Labute approximate surface area is 96.1 Å². The average Bonchev–Trinajstić information content (AvgIpc) is 2.76. The highest BCUT2D eigenvalue weighted by atomic mass is 14.9. The molecule has 0 aliphatic heterocycles. The van der Waals surface area contributed by atoms with E-state index in [-0.39, 0.29) is 0 Å². The van der Waals surface area contributed by atoms with Crippen LogP contribution in [-0.4, -0.2) is 9.97 Å². The molecule has 1 N–H and O–H groups in total. The molecular formula is C14H18N2. The van der Waals surface area contributed by atoms with Crippen LogP contribution in [-0.2, 0) is 0 Å². The fourth-order valence-corrected chi connectivity index (χ4v) is 2.76. The molecule has 1 saturated carbocycles. The van der Waals surface area contributed by atoms with E-state index < -0.39 is 0 Å². The van der Waals surface area contributed by atoms with E-state index in [0.29, 0.717) is 5.92 Å². The summed E-state index contributed by atoms with van der Waals surface area (Å²) in [5.41, 5.74) is 3.62. The van der Waals surface area contributed by atoms with Gasteiger partial charge in [-0.2, -0.15) is 0 Å². The van der Waals surface area contributed by atoms with Crippen molar-refractivity contribution >= 4 is 11.0 Å². The van der Waals surface area contributed by atoms with Crippen molar-refractivity contribution in [2.45, 2.75) is 44.9 Å². The summed E-state index contributed by atoms with van der Waals surface area (Å²) in [5, 5.41) is 0. The van der Waals surface area contributed by atoms with E-state index in [1.54, 1.807) is 0 Å². The summed E-state index contributed by atoms with van der Waals surface area (Å²) >= 11 is 0. The summed E-state index contributed by atoms with van der Waals surface area (Å²) in [7, 11) is 0. The molecule has 1 aliphatic carbocycles. The van der Waals surface area contributed by atoms with Gasteiger partial charge in [0, 0.05) is 5.92 Å². The predicted octanol–water partition coefficient (Wildman–Crippen LogP) is 3.92. The van der Waals surface area contributed by atoms with Crippen LogP contribution < -0.4 is 0 Å². The zero-order valence-corrected chi connectivity index (χ0v) is 9.79. The number of fused-ring (bicyclic) bond motifs is 1. The van der Waals surface area contributed by atoms with E-state index >= 15 is 0 Å². The number of para-hydroxylation sites is 1. The molecule has 0 unspecified atom stereocenters. The second-order valence-electron chi connectivity index (χ2n) is 4.93. The molecule has 0 saturated heterocycles. The van der Waals surface area contributed by atoms with Gasteiger partial charge in [-0.15, -0.1) is 0 Å². The smallest absolute Gasteiger partial charge is 0.110 e. The minimum absolute atomic E-state index is 0.667. The van der Waals surface area contributed by atoms with Crippen molar-refractivity contribution in [3.63, 3.8) is 0 Å². The Morgan fingerprint density at radius 3 is 2.75 bits per heavy atom. The topological polar surface area (TPSA) is 28.7 Å². The van der Waals surface area contributed by atoms with E-state index in [4.69, 9.17) is 4.98 Å². The number of aromatic amines is 1. The second kappa shape index (κ2) is 3.93. The summed E-state index contributed by atoms with van der Waals surface area (Å²) in [6.45, 7) is 2.13. The summed E-state index contributed by atoms with van der Waals surface area (Å²) in [4.78, 5) is 8.28. The molecule has 1 aromatic heterocycles. The Bertz CT molecular complexity index is 492. The standard InChI is InChI=1S/C14H18N2/c1-10-6-5-9-12-13(10)16-14(15-12)11-7-3-2-4-8-11/h5-6,9,11H,2-4,7-8H2,1H3,(H,15,16). The Morgan fingerprint density at radius 1 is 1.19 bits per heavy atom. The highest BCUT2D eigenvalue weighted by Crippen LogP contribution is 2.32. The van der Waals surface area contributed by atoms with E-state index in [1.165, 1.54) is 49.0 Å². The number of aryl methyl sites for hydroxylation is 1. The lowest BCUT2D eigenvalue weighted by atomic mass is 9.89. The summed E-state index contributed by atoms with van der Waals surface area (Å²) in [5.74, 6) is 1.88. The first-order chi connectivity index (χ1) is 7.84. The number of imidazole rings is 1. The molecule has 1 aliphatic rings. The molecule has 2 aromatic rings. The van der Waals surface area contributed by atoms with Crippen molar-refractivity contribution < 1.29 is 0 Å². The SMILES string of the molecule is Cc1cccc2[nH]c(C3CCCCC3)nc12.